The van der Waals surface area contributed by atoms with Crippen LogP contribution in [0.25, 0.3) is 6.08 Å². The van der Waals surface area contributed by atoms with Crippen LogP contribution in [0.5, 0.6) is 17.2 Å². The number of ether oxygens (including phenoxy) is 2. The monoisotopic (exact) mass is 338 g/mol. The normalized spacial score (nSPS) is 10.7. The Bertz CT molecular complexity index is 820. The summed E-state index contributed by atoms with van der Waals surface area (Å²) in [6, 6.07) is 13.3. The Balaban J connectivity index is 2.15. The second-order valence-electron chi connectivity index (χ2n) is 5.01. The third kappa shape index (κ3) is 4.75. The Kier molecular flexibility index (Phi) is 6.02. The van der Waals surface area contributed by atoms with Crippen LogP contribution in [0, 0.1) is 11.3 Å². The highest BCUT2D eigenvalue weighted by Gasteiger charge is 2.10. The highest BCUT2D eigenvalue weighted by molar-refractivity contribution is 6.09. The van der Waals surface area contributed by atoms with Crippen LogP contribution in [0.3, 0.4) is 0 Å². The van der Waals surface area contributed by atoms with Gasteiger partial charge in [0.05, 0.1) is 13.7 Å². The van der Waals surface area contributed by atoms with Gasteiger partial charge in [0.1, 0.15) is 17.4 Å². The fourth-order valence-corrected chi connectivity index (χ4v) is 2.11. The molecular weight excluding hydrogens is 320 g/mol. The number of amides is 1. The zero-order valence-electron chi connectivity index (χ0n) is 13.9. The molecule has 2 N–H and O–H groups in total. The van der Waals surface area contributed by atoms with Gasteiger partial charge in [-0.05, 0) is 55.0 Å². The van der Waals surface area contributed by atoms with Gasteiger partial charge in [-0.25, -0.2) is 0 Å². The molecule has 0 aromatic heterocycles. The van der Waals surface area contributed by atoms with E-state index < -0.39 is 5.91 Å². The van der Waals surface area contributed by atoms with Crippen molar-refractivity contribution in [3.63, 3.8) is 0 Å². The molecule has 6 nitrogen and oxygen atoms in total. The minimum absolute atomic E-state index is 0.0690. The predicted molar refractivity (Wildman–Crippen MR) is 94.5 cm³/mol. The molecule has 0 heterocycles. The van der Waals surface area contributed by atoms with Gasteiger partial charge in [0, 0.05) is 5.69 Å². The van der Waals surface area contributed by atoms with E-state index in [4.69, 9.17) is 9.47 Å². The summed E-state index contributed by atoms with van der Waals surface area (Å²) < 4.78 is 10.3. The number of rotatable bonds is 6. The summed E-state index contributed by atoms with van der Waals surface area (Å²) in [5, 5.41) is 21.7. The van der Waals surface area contributed by atoms with Crippen molar-refractivity contribution in [1.29, 1.82) is 5.26 Å². The minimum Gasteiger partial charge on any atom is -0.504 e. The predicted octanol–water partition coefficient (Wildman–Crippen LogP) is 3.35. The first-order valence-electron chi connectivity index (χ1n) is 7.60. The fourth-order valence-electron chi connectivity index (χ4n) is 2.11. The van der Waals surface area contributed by atoms with Gasteiger partial charge in [-0.3, -0.25) is 4.79 Å². The zero-order chi connectivity index (χ0) is 18.2. The Hall–Kier alpha value is -3.46. The first kappa shape index (κ1) is 17.9. The Morgan fingerprint density at radius 2 is 2.00 bits per heavy atom. The van der Waals surface area contributed by atoms with Gasteiger partial charge in [0.2, 0.25) is 0 Å². The van der Waals surface area contributed by atoms with E-state index in [9.17, 15) is 15.2 Å². The molecule has 0 bridgehead atoms. The van der Waals surface area contributed by atoms with E-state index in [1.54, 1.807) is 36.4 Å². The standard InChI is InChI=1S/C19H18N2O4/c1-3-25-16-7-5-15(6-8-16)21-19(23)14(12-20)10-13-4-9-18(24-2)17(22)11-13/h4-11,22H,3H2,1-2H3,(H,21,23). The lowest BCUT2D eigenvalue weighted by Gasteiger charge is -2.07. The number of anilines is 1. The van der Waals surface area contributed by atoms with E-state index >= 15 is 0 Å². The van der Waals surface area contributed by atoms with Crippen molar-refractivity contribution in [3.8, 4) is 23.3 Å². The van der Waals surface area contributed by atoms with E-state index in [1.165, 1.54) is 19.3 Å². The maximum absolute atomic E-state index is 12.2. The number of aromatic hydroxyl groups is 1. The number of benzene rings is 2. The molecule has 0 unspecified atom stereocenters. The summed E-state index contributed by atoms with van der Waals surface area (Å²) in [4.78, 5) is 12.2. The van der Waals surface area contributed by atoms with E-state index in [-0.39, 0.29) is 11.3 Å². The largest absolute Gasteiger partial charge is 0.504 e. The van der Waals surface area contributed by atoms with Crippen LogP contribution in [-0.4, -0.2) is 24.7 Å². The van der Waals surface area contributed by atoms with E-state index in [2.05, 4.69) is 5.32 Å². The lowest BCUT2D eigenvalue weighted by Crippen LogP contribution is -2.13. The topological polar surface area (TPSA) is 91.6 Å². The second-order valence-corrected chi connectivity index (χ2v) is 5.01. The highest BCUT2D eigenvalue weighted by atomic mass is 16.5. The Morgan fingerprint density at radius 3 is 2.56 bits per heavy atom. The number of nitrogens with one attached hydrogen (secondary N) is 1. The van der Waals surface area contributed by atoms with Crippen LogP contribution in [0.15, 0.2) is 48.0 Å². The van der Waals surface area contributed by atoms with Crippen LogP contribution in [0.2, 0.25) is 0 Å². The van der Waals surface area contributed by atoms with Gasteiger partial charge >= 0.3 is 0 Å². The van der Waals surface area contributed by atoms with Crippen LogP contribution in [-0.2, 0) is 4.79 Å². The van der Waals surface area contributed by atoms with E-state index in [0.29, 0.717) is 29.4 Å². The Morgan fingerprint density at radius 1 is 1.28 bits per heavy atom. The molecule has 0 spiro atoms. The average Bonchev–Trinajstić information content (AvgIpc) is 2.61. The van der Waals surface area contributed by atoms with Gasteiger partial charge in [-0.15, -0.1) is 0 Å². The number of carbonyl (C=O) groups excluding carboxylic acids is 1. The number of hydrogen-bond donors (Lipinski definition) is 2. The molecule has 1 amide bonds. The number of phenols is 1. The van der Waals surface area contributed by atoms with Gasteiger partial charge < -0.3 is 19.9 Å². The molecule has 0 saturated carbocycles. The quantitative estimate of drug-likeness (QED) is 0.622. The van der Waals surface area contributed by atoms with Crippen LogP contribution in [0.4, 0.5) is 5.69 Å². The molecular formula is C19H18N2O4. The number of methoxy groups -OCH3 is 1. The van der Waals surface area contributed by atoms with Crippen molar-refractivity contribution in [1.82, 2.24) is 0 Å². The van der Waals surface area contributed by atoms with Crippen molar-refractivity contribution >= 4 is 17.7 Å². The number of hydrogen-bond acceptors (Lipinski definition) is 5. The molecule has 0 aliphatic carbocycles. The summed E-state index contributed by atoms with van der Waals surface area (Å²) in [5.41, 5.74) is 0.974. The average molecular weight is 338 g/mol. The van der Waals surface area contributed by atoms with Gasteiger partial charge in [0.15, 0.2) is 11.5 Å². The van der Waals surface area contributed by atoms with Crippen molar-refractivity contribution in [2.24, 2.45) is 0 Å². The van der Waals surface area contributed by atoms with Crippen LogP contribution < -0.4 is 14.8 Å². The molecule has 2 rings (SSSR count). The Labute approximate surface area is 145 Å². The van der Waals surface area contributed by atoms with Crippen molar-refractivity contribution in [2.75, 3.05) is 19.0 Å². The first-order valence-corrected chi connectivity index (χ1v) is 7.60. The van der Waals surface area contributed by atoms with Crippen LogP contribution in [0.1, 0.15) is 12.5 Å². The molecule has 2 aromatic rings. The fraction of sp³-hybridized carbons (Fsp3) is 0.158. The molecule has 0 aliphatic heterocycles. The van der Waals surface area contributed by atoms with Crippen molar-refractivity contribution < 1.29 is 19.4 Å². The third-order valence-corrected chi connectivity index (χ3v) is 3.30. The zero-order valence-corrected chi connectivity index (χ0v) is 13.9. The summed E-state index contributed by atoms with van der Waals surface area (Å²) in [6.45, 7) is 2.44. The maximum atomic E-state index is 12.2. The third-order valence-electron chi connectivity index (χ3n) is 3.30. The van der Waals surface area contributed by atoms with Crippen LogP contribution >= 0.6 is 0 Å². The first-order chi connectivity index (χ1) is 12.1. The number of carbonyl (C=O) groups is 1. The molecule has 0 radical (unpaired) electrons. The SMILES string of the molecule is CCOc1ccc(NC(=O)C(C#N)=Cc2ccc(OC)c(O)c2)cc1. The minimum atomic E-state index is -0.540. The summed E-state index contributed by atoms with van der Waals surface area (Å²) in [6.07, 6.45) is 1.39. The molecule has 0 saturated heterocycles. The molecule has 25 heavy (non-hydrogen) atoms. The smallest absolute Gasteiger partial charge is 0.266 e. The molecule has 0 fully saturated rings. The van der Waals surface area contributed by atoms with Crippen molar-refractivity contribution in [3.05, 3.63) is 53.6 Å². The van der Waals surface area contributed by atoms with E-state index in [0.717, 1.165) is 0 Å². The van der Waals surface area contributed by atoms with Gasteiger partial charge in [-0.2, -0.15) is 5.26 Å². The van der Waals surface area contributed by atoms with Gasteiger partial charge in [-0.1, -0.05) is 6.07 Å². The molecule has 2 aromatic carbocycles. The number of nitriles is 1. The second kappa shape index (κ2) is 8.41. The van der Waals surface area contributed by atoms with Gasteiger partial charge in [0.25, 0.3) is 5.91 Å². The van der Waals surface area contributed by atoms with Crippen molar-refractivity contribution in [2.45, 2.75) is 6.92 Å². The van der Waals surface area contributed by atoms with E-state index in [1.807, 2.05) is 13.0 Å². The summed E-state index contributed by atoms with van der Waals surface area (Å²) in [5.74, 6) is 0.405. The maximum Gasteiger partial charge on any atom is 0.266 e. The highest BCUT2D eigenvalue weighted by Crippen LogP contribution is 2.27. The molecule has 128 valence electrons. The number of nitrogens with zero attached hydrogens (tertiary/aromatic N) is 1. The molecule has 0 atom stereocenters. The summed E-state index contributed by atoms with van der Waals surface area (Å²) >= 11 is 0. The molecule has 6 heteroatoms. The lowest BCUT2D eigenvalue weighted by molar-refractivity contribution is -0.112. The number of phenolic OH excluding ortho intramolecular Hbond substituents is 1. The lowest BCUT2D eigenvalue weighted by atomic mass is 10.1. The summed E-state index contributed by atoms with van der Waals surface area (Å²) in [7, 11) is 1.44. The molecule has 0 aliphatic rings.